The van der Waals surface area contributed by atoms with Crippen molar-refractivity contribution in [3.05, 3.63) is 41.7 Å². The molecule has 4 rings (SSSR count). The van der Waals surface area contributed by atoms with Gasteiger partial charge in [0, 0.05) is 31.1 Å². The molecule has 1 saturated heterocycles. The largest absolute Gasteiger partial charge is 0.418 e. The Kier molecular flexibility index (Phi) is 5.57. The highest BCUT2D eigenvalue weighted by atomic mass is 19.4. The fraction of sp³-hybridized carbons (Fsp3) is 0.348. The van der Waals surface area contributed by atoms with E-state index in [1.807, 2.05) is 0 Å². The first-order valence-corrected chi connectivity index (χ1v) is 10.7. The number of ketones is 1. The first-order valence-electron chi connectivity index (χ1n) is 10.7. The number of nitrogen functional groups attached to an aromatic ring is 1. The molecule has 3 aromatic rings. The lowest BCUT2D eigenvalue weighted by Gasteiger charge is -2.45. The minimum Gasteiger partial charge on any atom is -0.382 e. The number of anilines is 2. The maximum Gasteiger partial charge on any atom is 0.418 e. The van der Waals surface area contributed by atoms with E-state index in [2.05, 4.69) is 10.1 Å². The van der Waals surface area contributed by atoms with E-state index < -0.39 is 23.2 Å². The molecular formula is C23H23F3N6O3. The molecule has 0 aliphatic carbocycles. The second-order valence-electron chi connectivity index (χ2n) is 8.82. The summed E-state index contributed by atoms with van der Waals surface area (Å²) in [4.78, 5) is 44.4. The highest BCUT2D eigenvalue weighted by Crippen LogP contribution is 2.40. The van der Waals surface area contributed by atoms with E-state index in [1.54, 1.807) is 13.8 Å². The number of nitrogens with zero attached hydrogens (tertiary/aromatic N) is 5. The van der Waals surface area contributed by atoms with Crippen molar-refractivity contribution in [3.63, 3.8) is 0 Å². The zero-order valence-corrected chi connectivity index (χ0v) is 19.5. The van der Waals surface area contributed by atoms with Gasteiger partial charge in [-0.2, -0.15) is 18.3 Å². The molecule has 0 atom stereocenters. The lowest BCUT2D eigenvalue weighted by atomic mass is 9.95. The Morgan fingerprint density at radius 2 is 1.80 bits per heavy atom. The highest BCUT2D eigenvalue weighted by molar-refractivity contribution is 6.09. The van der Waals surface area contributed by atoms with Crippen LogP contribution in [0.1, 0.15) is 43.6 Å². The molecule has 1 aliphatic heterocycles. The van der Waals surface area contributed by atoms with Crippen molar-refractivity contribution in [2.24, 2.45) is 0 Å². The summed E-state index contributed by atoms with van der Waals surface area (Å²) < 4.78 is 42.3. The summed E-state index contributed by atoms with van der Waals surface area (Å²) in [5.74, 6) is -1.34. The molecule has 1 aliphatic rings. The van der Waals surface area contributed by atoms with Gasteiger partial charge in [-0.3, -0.25) is 14.4 Å². The normalized spacial score (nSPS) is 16.1. The lowest BCUT2D eigenvalue weighted by Crippen LogP contribution is -2.64. The highest BCUT2D eigenvalue weighted by Gasteiger charge is 2.44. The van der Waals surface area contributed by atoms with Gasteiger partial charge in [-0.25, -0.2) is 9.50 Å². The van der Waals surface area contributed by atoms with Crippen LogP contribution in [0.25, 0.3) is 16.8 Å². The van der Waals surface area contributed by atoms with Crippen molar-refractivity contribution in [3.8, 4) is 11.3 Å². The number of Topliss-reactive ketones (excluding diaryl/α,β-unsaturated/α-hetero) is 1. The van der Waals surface area contributed by atoms with Crippen molar-refractivity contribution in [2.75, 3.05) is 23.7 Å². The SMILES string of the molecule is CC(=O)c1ccc(-c2cc(C(F)(F)F)c3c(N)ncnn23)cc1N1CCN(C(C)=O)C(C)(C)C1=O. The summed E-state index contributed by atoms with van der Waals surface area (Å²) in [6.45, 7) is 6.26. The summed E-state index contributed by atoms with van der Waals surface area (Å²) >= 11 is 0. The van der Waals surface area contributed by atoms with E-state index in [0.29, 0.717) is 0 Å². The average molecular weight is 488 g/mol. The number of aromatic nitrogens is 3. The number of amides is 2. The Morgan fingerprint density at radius 3 is 2.40 bits per heavy atom. The summed E-state index contributed by atoms with van der Waals surface area (Å²) in [6, 6.07) is 5.34. The molecule has 0 bridgehead atoms. The van der Waals surface area contributed by atoms with Gasteiger partial charge >= 0.3 is 6.18 Å². The van der Waals surface area contributed by atoms with Crippen molar-refractivity contribution < 1.29 is 27.6 Å². The van der Waals surface area contributed by atoms with Crippen LogP contribution in [0.5, 0.6) is 0 Å². The molecule has 2 aromatic heterocycles. The van der Waals surface area contributed by atoms with Crippen molar-refractivity contribution in [2.45, 2.75) is 39.4 Å². The second kappa shape index (κ2) is 8.07. The molecule has 35 heavy (non-hydrogen) atoms. The molecule has 0 saturated carbocycles. The van der Waals surface area contributed by atoms with Crippen LogP contribution in [-0.2, 0) is 15.8 Å². The standard InChI is InChI=1S/C23H23F3N6O3/c1-12(33)15-6-5-14(9-18(15)30-7-8-31(13(2)34)22(3,4)21(30)35)17-10-16(23(24,25)26)19-20(27)28-11-29-32(17)19/h5-6,9-11H,7-8H2,1-4H3,(H2,27,28,29). The number of alkyl halides is 3. The molecule has 1 aromatic carbocycles. The fourth-order valence-corrected chi connectivity index (χ4v) is 4.51. The molecule has 3 heterocycles. The van der Waals surface area contributed by atoms with Crippen LogP contribution in [0, 0.1) is 0 Å². The van der Waals surface area contributed by atoms with E-state index in [-0.39, 0.29) is 58.6 Å². The maximum absolute atomic E-state index is 13.8. The number of carbonyl (C=O) groups is 3. The van der Waals surface area contributed by atoms with Gasteiger partial charge in [0.05, 0.1) is 16.9 Å². The number of hydrogen-bond donors (Lipinski definition) is 1. The van der Waals surface area contributed by atoms with Crippen LogP contribution >= 0.6 is 0 Å². The van der Waals surface area contributed by atoms with E-state index in [4.69, 9.17) is 5.73 Å². The van der Waals surface area contributed by atoms with Crippen LogP contribution < -0.4 is 10.6 Å². The summed E-state index contributed by atoms with van der Waals surface area (Å²) in [5, 5.41) is 3.95. The summed E-state index contributed by atoms with van der Waals surface area (Å²) in [7, 11) is 0. The van der Waals surface area contributed by atoms with E-state index in [9.17, 15) is 27.6 Å². The van der Waals surface area contributed by atoms with Gasteiger partial charge in [-0.15, -0.1) is 0 Å². The van der Waals surface area contributed by atoms with Crippen molar-refractivity contribution >= 4 is 34.6 Å². The number of rotatable bonds is 3. The van der Waals surface area contributed by atoms with Crippen LogP contribution in [0.4, 0.5) is 24.7 Å². The Labute approximate surface area is 198 Å². The zero-order valence-electron chi connectivity index (χ0n) is 19.5. The van der Waals surface area contributed by atoms with E-state index >= 15 is 0 Å². The predicted molar refractivity (Wildman–Crippen MR) is 122 cm³/mol. The number of benzene rings is 1. The quantitative estimate of drug-likeness (QED) is 0.567. The number of carbonyl (C=O) groups excluding carboxylic acids is 3. The second-order valence-corrected chi connectivity index (χ2v) is 8.82. The minimum atomic E-state index is -4.71. The third kappa shape index (κ3) is 3.88. The topological polar surface area (TPSA) is 114 Å². The van der Waals surface area contributed by atoms with E-state index in [0.717, 1.165) is 16.9 Å². The molecule has 0 spiro atoms. The van der Waals surface area contributed by atoms with Gasteiger partial charge < -0.3 is 15.5 Å². The smallest absolute Gasteiger partial charge is 0.382 e. The van der Waals surface area contributed by atoms with Gasteiger partial charge in [-0.05, 0) is 39.0 Å². The van der Waals surface area contributed by atoms with Gasteiger partial charge in [0.25, 0.3) is 5.91 Å². The number of hydrogen-bond acceptors (Lipinski definition) is 6. The third-order valence-electron chi connectivity index (χ3n) is 6.22. The molecule has 2 amide bonds. The van der Waals surface area contributed by atoms with E-state index in [1.165, 1.54) is 41.8 Å². The van der Waals surface area contributed by atoms with Crippen LogP contribution in [0.3, 0.4) is 0 Å². The molecule has 184 valence electrons. The Hall–Kier alpha value is -3.96. The number of nitrogens with two attached hydrogens (primary N) is 1. The first kappa shape index (κ1) is 24.2. The molecule has 0 radical (unpaired) electrons. The predicted octanol–water partition coefficient (Wildman–Crippen LogP) is 3.17. The Bertz CT molecular complexity index is 1380. The monoisotopic (exact) mass is 488 g/mol. The number of fused-ring (bicyclic) bond motifs is 1. The Balaban J connectivity index is 1.91. The molecular weight excluding hydrogens is 465 g/mol. The van der Waals surface area contributed by atoms with Gasteiger partial charge in [0.1, 0.15) is 17.4 Å². The van der Waals surface area contributed by atoms with Crippen LogP contribution in [-0.4, -0.2) is 55.7 Å². The molecule has 2 N–H and O–H groups in total. The molecule has 0 unspecified atom stereocenters. The van der Waals surface area contributed by atoms with Crippen LogP contribution in [0.2, 0.25) is 0 Å². The average Bonchev–Trinajstić information content (AvgIpc) is 3.16. The minimum absolute atomic E-state index is 0.0619. The van der Waals surface area contributed by atoms with Crippen molar-refractivity contribution in [1.29, 1.82) is 0 Å². The maximum atomic E-state index is 13.8. The van der Waals surface area contributed by atoms with Gasteiger partial charge in [-0.1, -0.05) is 6.07 Å². The van der Waals surface area contributed by atoms with Gasteiger partial charge in [0.15, 0.2) is 11.6 Å². The number of halogens is 3. The number of piperazine rings is 1. The van der Waals surface area contributed by atoms with Crippen molar-refractivity contribution in [1.82, 2.24) is 19.5 Å². The zero-order chi connectivity index (χ0) is 25.9. The summed E-state index contributed by atoms with van der Waals surface area (Å²) in [6.07, 6.45) is -3.67. The first-order chi connectivity index (χ1) is 16.2. The molecule has 12 heteroatoms. The van der Waals surface area contributed by atoms with Crippen LogP contribution in [0.15, 0.2) is 30.6 Å². The Morgan fingerprint density at radius 1 is 1.11 bits per heavy atom. The molecule has 1 fully saturated rings. The third-order valence-corrected chi connectivity index (χ3v) is 6.22. The van der Waals surface area contributed by atoms with Gasteiger partial charge in [0.2, 0.25) is 5.91 Å². The summed E-state index contributed by atoms with van der Waals surface area (Å²) in [5.41, 5.74) is 3.97. The molecule has 9 nitrogen and oxygen atoms in total. The fourth-order valence-electron chi connectivity index (χ4n) is 4.51. The lowest BCUT2D eigenvalue weighted by molar-refractivity contribution is -0.145.